The lowest BCUT2D eigenvalue weighted by molar-refractivity contribution is -0.165. The fraction of sp³-hybridized carbons (Fsp3) is 0.700. The molecule has 1 heterocycles. The van der Waals surface area contributed by atoms with Crippen LogP contribution in [0.3, 0.4) is 0 Å². The molecule has 3 atom stereocenters. The highest BCUT2D eigenvalue weighted by molar-refractivity contribution is 5.66. The van der Waals surface area contributed by atoms with E-state index in [1.807, 2.05) is 26.0 Å². The van der Waals surface area contributed by atoms with E-state index in [1.54, 1.807) is 0 Å². The van der Waals surface area contributed by atoms with Crippen molar-refractivity contribution in [1.29, 1.82) is 0 Å². The average Bonchev–Trinajstić information content (AvgIpc) is 2.47. The number of hydrogen-bond acceptors (Lipinski definition) is 4. The van der Waals surface area contributed by atoms with Crippen LogP contribution in [0.5, 0.6) is 0 Å². The van der Waals surface area contributed by atoms with Gasteiger partial charge < -0.3 is 14.2 Å². The minimum atomic E-state index is -0.585. The summed E-state index contributed by atoms with van der Waals surface area (Å²) in [7, 11) is 0. The molecule has 4 heteroatoms. The minimum Gasteiger partial charge on any atom is -0.455 e. The molecule has 1 saturated heterocycles. The topological polar surface area (TPSA) is 44.8 Å². The summed E-state index contributed by atoms with van der Waals surface area (Å²) in [5.41, 5.74) is 0. The number of fused-ring (bicyclic) bond motifs is 1. The molecule has 0 amide bonds. The number of ether oxygens (including phenoxy) is 3. The Balaban J connectivity index is 2.05. The molecule has 0 unspecified atom stereocenters. The maximum Gasteiger partial charge on any atom is 0.303 e. The van der Waals surface area contributed by atoms with Gasteiger partial charge in [-0.1, -0.05) is 6.08 Å². The maximum absolute atomic E-state index is 10.8. The van der Waals surface area contributed by atoms with Crippen LogP contribution < -0.4 is 0 Å². The zero-order valence-electron chi connectivity index (χ0n) is 8.52. The van der Waals surface area contributed by atoms with E-state index in [0.29, 0.717) is 0 Å². The molecule has 0 radical (unpaired) electrons. The van der Waals surface area contributed by atoms with Gasteiger partial charge in [-0.15, -0.1) is 0 Å². The first-order valence-corrected chi connectivity index (χ1v) is 4.69. The Morgan fingerprint density at radius 1 is 1.36 bits per heavy atom. The number of carbonyl (C=O) groups excluding carboxylic acids is 1. The third kappa shape index (κ3) is 1.67. The van der Waals surface area contributed by atoms with Gasteiger partial charge in [0.05, 0.1) is 0 Å². The van der Waals surface area contributed by atoms with Gasteiger partial charge >= 0.3 is 5.97 Å². The van der Waals surface area contributed by atoms with Crippen LogP contribution in [-0.4, -0.2) is 30.1 Å². The van der Waals surface area contributed by atoms with Crippen molar-refractivity contribution in [1.82, 2.24) is 0 Å². The standard InChI is InChI=1S/C10H14O4/c1-6(11)12-7-4-5-8-9(7)14-10(2,3)13-8/h4-5,7-9H,1-3H3/t7-,8+,9-/m0/s1. The van der Waals surface area contributed by atoms with Crippen LogP contribution in [-0.2, 0) is 19.0 Å². The summed E-state index contributed by atoms with van der Waals surface area (Å²) in [6.07, 6.45) is 3.11. The second-order valence-corrected chi connectivity index (χ2v) is 4.02. The summed E-state index contributed by atoms with van der Waals surface area (Å²) in [6, 6.07) is 0. The Bertz CT molecular complexity index is 282. The molecular formula is C10H14O4. The predicted molar refractivity (Wildman–Crippen MR) is 48.5 cm³/mol. The Labute approximate surface area is 82.8 Å². The van der Waals surface area contributed by atoms with Crippen LogP contribution in [0.2, 0.25) is 0 Å². The molecule has 1 aliphatic heterocycles. The predicted octanol–water partition coefficient (Wildman–Crippen LogP) is 1.01. The van der Waals surface area contributed by atoms with Crippen molar-refractivity contribution in [3.8, 4) is 0 Å². The Morgan fingerprint density at radius 3 is 2.71 bits per heavy atom. The van der Waals surface area contributed by atoms with Crippen molar-refractivity contribution in [3.63, 3.8) is 0 Å². The average molecular weight is 198 g/mol. The molecule has 0 aromatic carbocycles. The van der Waals surface area contributed by atoms with Gasteiger partial charge in [-0.05, 0) is 19.9 Å². The largest absolute Gasteiger partial charge is 0.455 e. The Hall–Kier alpha value is -0.870. The quantitative estimate of drug-likeness (QED) is 0.466. The molecule has 14 heavy (non-hydrogen) atoms. The van der Waals surface area contributed by atoms with Gasteiger partial charge in [-0.25, -0.2) is 0 Å². The molecule has 0 saturated carbocycles. The first kappa shape index (κ1) is 9.68. The lowest BCUT2D eigenvalue weighted by Crippen LogP contribution is -2.32. The molecule has 0 aromatic heterocycles. The van der Waals surface area contributed by atoms with Crippen LogP contribution in [0.25, 0.3) is 0 Å². The number of hydrogen-bond donors (Lipinski definition) is 0. The molecule has 2 rings (SSSR count). The molecule has 0 bridgehead atoms. The highest BCUT2D eigenvalue weighted by atomic mass is 16.8. The van der Waals surface area contributed by atoms with Gasteiger partial charge in [0, 0.05) is 6.92 Å². The van der Waals surface area contributed by atoms with Gasteiger partial charge in [0.25, 0.3) is 0 Å². The monoisotopic (exact) mass is 198 g/mol. The van der Waals surface area contributed by atoms with Crippen LogP contribution in [0.1, 0.15) is 20.8 Å². The van der Waals surface area contributed by atoms with E-state index >= 15 is 0 Å². The molecular weight excluding hydrogens is 184 g/mol. The van der Waals surface area contributed by atoms with E-state index in [2.05, 4.69) is 0 Å². The second kappa shape index (κ2) is 3.07. The fourth-order valence-corrected chi connectivity index (χ4v) is 1.85. The highest BCUT2D eigenvalue weighted by Crippen LogP contribution is 2.35. The highest BCUT2D eigenvalue weighted by Gasteiger charge is 2.47. The van der Waals surface area contributed by atoms with E-state index in [1.165, 1.54) is 6.92 Å². The van der Waals surface area contributed by atoms with Gasteiger partial charge in [0.2, 0.25) is 0 Å². The second-order valence-electron chi connectivity index (χ2n) is 4.02. The lowest BCUT2D eigenvalue weighted by atomic mass is 10.2. The maximum atomic E-state index is 10.8. The van der Waals surface area contributed by atoms with E-state index in [4.69, 9.17) is 14.2 Å². The molecule has 1 aliphatic carbocycles. The van der Waals surface area contributed by atoms with Crippen LogP contribution >= 0.6 is 0 Å². The number of rotatable bonds is 1. The van der Waals surface area contributed by atoms with Crippen molar-refractivity contribution in [2.45, 2.75) is 44.9 Å². The molecule has 2 aliphatic rings. The molecule has 78 valence electrons. The Kier molecular flexibility index (Phi) is 2.12. The molecule has 0 spiro atoms. The SMILES string of the molecule is CC(=O)O[C@H]1C=C[C@H]2OC(C)(C)O[C@@H]12. The molecule has 4 nitrogen and oxygen atoms in total. The summed E-state index contributed by atoms with van der Waals surface area (Å²) in [5.74, 6) is -0.882. The normalized spacial score (nSPS) is 38.4. The fourth-order valence-electron chi connectivity index (χ4n) is 1.85. The van der Waals surface area contributed by atoms with Crippen molar-refractivity contribution in [3.05, 3.63) is 12.2 Å². The van der Waals surface area contributed by atoms with Gasteiger partial charge in [-0.2, -0.15) is 0 Å². The van der Waals surface area contributed by atoms with Crippen LogP contribution in [0.15, 0.2) is 12.2 Å². The van der Waals surface area contributed by atoms with Crippen LogP contribution in [0, 0.1) is 0 Å². The third-order valence-corrected chi connectivity index (χ3v) is 2.28. The number of esters is 1. The van der Waals surface area contributed by atoms with Crippen LogP contribution in [0.4, 0.5) is 0 Å². The van der Waals surface area contributed by atoms with E-state index < -0.39 is 5.79 Å². The van der Waals surface area contributed by atoms with Gasteiger partial charge in [-0.3, -0.25) is 4.79 Å². The molecule has 0 aromatic rings. The summed E-state index contributed by atoms with van der Waals surface area (Å²) in [4.78, 5) is 10.8. The summed E-state index contributed by atoms with van der Waals surface area (Å²) >= 11 is 0. The van der Waals surface area contributed by atoms with Crippen molar-refractivity contribution >= 4 is 5.97 Å². The van der Waals surface area contributed by atoms with Crippen molar-refractivity contribution in [2.24, 2.45) is 0 Å². The first-order valence-electron chi connectivity index (χ1n) is 4.69. The van der Waals surface area contributed by atoms with Gasteiger partial charge in [0.1, 0.15) is 18.3 Å². The Morgan fingerprint density at radius 2 is 2.07 bits per heavy atom. The zero-order chi connectivity index (χ0) is 10.3. The van der Waals surface area contributed by atoms with Crippen molar-refractivity contribution < 1.29 is 19.0 Å². The minimum absolute atomic E-state index is 0.0886. The van der Waals surface area contributed by atoms with Gasteiger partial charge in [0.15, 0.2) is 5.79 Å². The summed E-state index contributed by atoms with van der Waals surface area (Å²) in [6.45, 7) is 5.09. The first-order chi connectivity index (χ1) is 6.48. The van der Waals surface area contributed by atoms with E-state index in [0.717, 1.165) is 0 Å². The molecule has 0 N–H and O–H groups in total. The summed E-state index contributed by atoms with van der Waals surface area (Å²) in [5, 5.41) is 0. The smallest absolute Gasteiger partial charge is 0.303 e. The molecule has 1 fully saturated rings. The van der Waals surface area contributed by atoms with E-state index in [-0.39, 0.29) is 24.3 Å². The van der Waals surface area contributed by atoms with E-state index in [9.17, 15) is 4.79 Å². The zero-order valence-corrected chi connectivity index (χ0v) is 8.52. The van der Waals surface area contributed by atoms with Crippen molar-refractivity contribution in [2.75, 3.05) is 0 Å². The third-order valence-electron chi connectivity index (χ3n) is 2.28. The lowest BCUT2D eigenvalue weighted by Gasteiger charge is -2.20. The summed E-state index contributed by atoms with van der Waals surface area (Å²) < 4.78 is 16.3. The number of carbonyl (C=O) groups is 1.